The Bertz CT molecular complexity index is 996. The average Bonchev–Trinajstić information content (AvgIpc) is 3.20. The van der Waals surface area contributed by atoms with Gasteiger partial charge in [-0.25, -0.2) is 0 Å². The summed E-state index contributed by atoms with van der Waals surface area (Å²) in [5.74, 6) is 0.947. The Morgan fingerprint density at radius 2 is 2.00 bits per heavy atom. The van der Waals surface area contributed by atoms with Crippen LogP contribution in [0.4, 0.5) is 0 Å². The van der Waals surface area contributed by atoms with Gasteiger partial charge in [-0.1, -0.05) is 25.4 Å². The summed E-state index contributed by atoms with van der Waals surface area (Å²) in [5, 5.41) is 2.77. The van der Waals surface area contributed by atoms with Gasteiger partial charge in [-0.15, -0.1) is 11.3 Å². The van der Waals surface area contributed by atoms with Gasteiger partial charge < -0.3 is 14.5 Å². The molecule has 1 aliphatic rings. The van der Waals surface area contributed by atoms with Crippen molar-refractivity contribution in [3.63, 3.8) is 0 Å². The molecule has 1 aromatic carbocycles. The third kappa shape index (κ3) is 6.30. The molecule has 7 heteroatoms. The second-order valence-electron chi connectivity index (χ2n) is 10.1. The monoisotopic (exact) mass is 490 g/mol. The van der Waals surface area contributed by atoms with Gasteiger partial charge in [0, 0.05) is 28.4 Å². The number of hydrogen-bond acceptors (Lipinski definition) is 4. The van der Waals surface area contributed by atoms with Crippen LogP contribution in [0.2, 0.25) is 5.02 Å². The van der Waals surface area contributed by atoms with Crippen LogP contribution >= 0.6 is 22.9 Å². The molecule has 2 heterocycles. The Balaban J connectivity index is 1.80. The highest BCUT2D eigenvalue weighted by Crippen LogP contribution is 2.34. The molecule has 0 bridgehead atoms. The topological polar surface area (TPSA) is 49.9 Å². The van der Waals surface area contributed by atoms with Crippen LogP contribution in [0.15, 0.2) is 29.6 Å². The molecule has 0 saturated carbocycles. The average molecular weight is 491 g/mol. The zero-order valence-corrected chi connectivity index (χ0v) is 22.1. The van der Waals surface area contributed by atoms with Crippen LogP contribution in [-0.2, 0) is 16.0 Å². The molecule has 0 radical (unpaired) electrons. The van der Waals surface area contributed by atoms with Crippen molar-refractivity contribution >= 4 is 34.8 Å². The smallest absolute Gasteiger partial charge is 0.242 e. The van der Waals surface area contributed by atoms with E-state index in [-0.39, 0.29) is 30.3 Å². The van der Waals surface area contributed by atoms with Crippen molar-refractivity contribution in [2.24, 2.45) is 5.92 Å². The molecule has 1 aliphatic heterocycles. The second-order valence-corrected chi connectivity index (χ2v) is 11.5. The number of carbonyl (C=O) groups is 2. The first-order chi connectivity index (χ1) is 15.5. The summed E-state index contributed by atoms with van der Waals surface area (Å²) in [6.07, 6.45) is 1.26. The van der Waals surface area contributed by atoms with Crippen LogP contribution in [0.3, 0.4) is 0 Å². The van der Waals surface area contributed by atoms with Crippen LogP contribution in [0.1, 0.15) is 63.1 Å². The van der Waals surface area contributed by atoms with Gasteiger partial charge in [0.1, 0.15) is 18.9 Å². The van der Waals surface area contributed by atoms with Crippen LogP contribution in [0, 0.1) is 12.8 Å². The zero-order valence-electron chi connectivity index (χ0n) is 20.5. The highest BCUT2D eigenvalue weighted by Gasteiger charge is 2.36. The number of halogens is 1. The molecule has 33 heavy (non-hydrogen) atoms. The maximum atomic E-state index is 13.6. The second kappa shape index (κ2) is 10.5. The third-order valence-electron chi connectivity index (χ3n) is 5.94. The first-order valence-corrected chi connectivity index (χ1v) is 12.8. The number of carbonyl (C=O) groups excluding carboxylic acids is 2. The number of hydrogen-bond donors (Lipinski definition) is 0. The van der Waals surface area contributed by atoms with Crippen molar-refractivity contribution in [2.45, 2.75) is 66.0 Å². The molecule has 0 unspecified atom stereocenters. The zero-order chi connectivity index (χ0) is 24.3. The molecular weight excluding hydrogens is 456 g/mol. The highest BCUT2D eigenvalue weighted by atomic mass is 35.5. The largest absolute Gasteiger partial charge is 0.491 e. The Morgan fingerprint density at radius 1 is 1.27 bits per heavy atom. The fourth-order valence-corrected chi connectivity index (χ4v) is 5.19. The molecule has 0 spiro atoms. The van der Waals surface area contributed by atoms with E-state index in [0.717, 1.165) is 23.3 Å². The number of amides is 2. The molecule has 1 aromatic heterocycles. The van der Waals surface area contributed by atoms with Crippen LogP contribution in [0.5, 0.6) is 5.75 Å². The molecule has 2 aromatic rings. The third-order valence-corrected chi connectivity index (χ3v) is 7.36. The molecule has 0 fully saturated rings. The number of nitrogens with zero attached hydrogens (tertiary/aromatic N) is 2. The van der Waals surface area contributed by atoms with Crippen LogP contribution in [-0.4, -0.2) is 46.8 Å². The van der Waals surface area contributed by atoms with E-state index in [9.17, 15) is 9.59 Å². The predicted molar refractivity (Wildman–Crippen MR) is 135 cm³/mol. The molecule has 5 nitrogen and oxygen atoms in total. The van der Waals surface area contributed by atoms with Crippen molar-refractivity contribution in [2.75, 3.05) is 19.7 Å². The maximum absolute atomic E-state index is 13.6. The Hall–Kier alpha value is -2.05. The van der Waals surface area contributed by atoms with E-state index in [0.29, 0.717) is 24.6 Å². The van der Waals surface area contributed by atoms with Crippen molar-refractivity contribution in [3.05, 3.63) is 50.7 Å². The quantitative estimate of drug-likeness (QED) is 0.486. The summed E-state index contributed by atoms with van der Waals surface area (Å²) >= 11 is 7.87. The minimum Gasteiger partial charge on any atom is -0.491 e. The molecular formula is C26H35ClN2O3S. The Kier molecular flexibility index (Phi) is 8.12. The van der Waals surface area contributed by atoms with Gasteiger partial charge in [-0.05, 0) is 80.8 Å². The van der Waals surface area contributed by atoms with E-state index >= 15 is 0 Å². The Labute approximate surface area is 206 Å². The van der Waals surface area contributed by atoms with E-state index < -0.39 is 5.54 Å². The van der Waals surface area contributed by atoms with Gasteiger partial charge in [0.2, 0.25) is 11.8 Å². The molecule has 2 amide bonds. The molecule has 180 valence electrons. The van der Waals surface area contributed by atoms with E-state index in [1.165, 1.54) is 4.88 Å². The highest BCUT2D eigenvalue weighted by molar-refractivity contribution is 7.10. The van der Waals surface area contributed by atoms with Gasteiger partial charge in [-0.3, -0.25) is 9.59 Å². The standard InChI is InChI=1S/C26H35ClN2O3S/c1-17(2)13-24(30)29(26(4,5)6)15-25(31)28-11-9-23-20(10-12-33-23)22(28)16-32-19-7-8-21(27)18(3)14-19/h7-8,10,12,14,17,22H,9,11,13,15-16H2,1-6H3/t22-/m1/s1. The number of aryl methyl sites for hydroxylation is 1. The van der Waals surface area contributed by atoms with E-state index in [2.05, 4.69) is 11.4 Å². The number of rotatable bonds is 7. The fourth-order valence-electron chi connectivity index (χ4n) is 4.14. The lowest BCUT2D eigenvalue weighted by molar-refractivity contribution is -0.147. The van der Waals surface area contributed by atoms with Gasteiger partial charge in [0.05, 0.1) is 6.04 Å². The van der Waals surface area contributed by atoms with Gasteiger partial charge >= 0.3 is 0 Å². The van der Waals surface area contributed by atoms with Crippen molar-refractivity contribution in [1.82, 2.24) is 9.80 Å². The summed E-state index contributed by atoms with van der Waals surface area (Å²) in [6, 6.07) is 7.49. The summed E-state index contributed by atoms with van der Waals surface area (Å²) in [6.45, 7) is 13.0. The number of ether oxygens (including phenoxy) is 1. The SMILES string of the molecule is Cc1cc(OC[C@@H]2c3ccsc3CCN2C(=O)CN(C(=O)CC(C)C)C(C)(C)C)ccc1Cl. The first kappa shape index (κ1) is 25.6. The lowest BCUT2D eigenvalue weighted by atomic mass is 9.99. The number of thiophene rings is 1. The fraction of sp³-hybridized carbons (Fsp3) is 0.538. The lowest BCUT2D eigenvalue weighted by Gasteiger charge is -2.40. The van der Waals surface area contributed by atoms with Gasteiger partial charge in [0.25, 0.3) is 0 Å². The predicted octanol–water partition coefficient (Wildman–Crippen LogP) is 5.89. The Morgan fingerprint density at radius 3 is 2.64 bits per heavy atom. The molecule has 1 atom stereocenters. The summed E-state index contributed by atoms with van der Waals surface area (Å²) in [4.78, 5) is 31.4. The van der Waals surface area contributed by atoms with E-state index in [1.54, 1.807) is 16.2 Å². The molecule has 3 rings (SSSR count). The summed E-state index contributed by atoms with van der Waals surface area (Å²) < 4.78 is 6.13. The van der Waals surface area contributed by atoms with Gasteiger partial charge in [-0.2, -0.15) is 0 Å². The van der Waals surface area contributed by atoms with Crippen LogP contribution in [0.25, 0.3) is 0 Å². The molecule has 0 N–H and O–H groups in total. The number of benzene rings is 1. The van der Waals surface area contributed by atoms with Crippen LogP contribution < -0.4 is 4.74 Å². The normalized spacial score (nSPS) is 16.0. The van der Waals surface area contributed by atoms with Crippen molar-refractivity contribution in [3.8, 4) is 5.75 Å². The minimum absolute atomic E-state index is 0.0171. The van der Waals surface area contributed by atoms with Crippen molar-refractivity contribution < 1.29 is 14.3 Å². The number of fused-ring (bicyclic) bond motifs is 1. The minimum atomic E-state index is -0.433. The van der Waals surface area contributed by atoms with E-state index in [1.807, 2.05) is 64.6 Å². The maximum Gasteiger partial charge on any atom is 0.242 e. The summed E-state index contributed by atoms with van der Waals surface area (Å²) in [5.41, 5.74) is 1.66. The van der Waals surface area contributed by atoms with E-state index in [4.69, 9.17) is 16.3 Å². The van der Waals surface area contributed by atoms with Crippen molar-refractivity contribution in [1.29, 1.82) is 0 Å². The first-order valence-electron chi connectivity index (χ1n) is 11.5. The summed E-state index contributed by atoms with van der Waals surface area (Å²) in [7, 11) is 0. The molecule has 0 aliphatic carbocycles. The molecule has 0 saturated heterocycles. The lowest BCUT2D eigenvalue weighted by Crippen LogP contribution is -2.53. The van der Waals surface area contributed by atoms with Gasteiger partial charge in [0.15, 0.2) is 0 Å².